The number of rotatable bonds is 6. The van der Waals surface area contributed by atoms with E-state index in [0.29, 0.717) is 35.2 Å². The smallest absolute Gasteiger partial charge is 0.263 e. The molecular formula is C25H26N4O3S2. The molecule has 9 heteroatoms. The maximum Gasteiger partial charge on any atom is 0.263 e. The molecule has 0 spiro atoms. The van der Waals surface area contributed by atoms with Crippen LogP contribution in [0.25, 0.3) is 21.7 Å². The van der Waals surface area contributed by atoms with Crippen molar-refractivity contribution >= 4 is 33.3 Å². The van der Waals surface area contributed by atoms with Gasteiger partial charge < -0.3 is 9.15 Å². The largest absolute Gasteiger partial charge is 0.420 e. The Morgan fingerprint density at radius 2 is 2.09 bits per heavy atom. The highest BCUT2D eigenvalue weighted by Gasteiger charge is 2.26. The summed E-state index contributed by atoms with van der Waals surface area (Å²) in [6.07, 6.45) is 5.18. The molecule has 34 heavy (non-hydrogen) atoms. The average molecular weight is 495 g/mol. The molecule has 6 rings (SSSR count). The Balaban J connectivity index is 1.33. The highest BCUT2D eigenvalue weighted by molar-refractivity contribution is 7.98. The van der Waals surface area contributed by atoms with Crippen molar-refractivity contribution in [3.8, 4) is 11.5 Å². The molecule has 1 aliphatic heterocycles. The molecule has 1 aliphatic carbocycles. The first-order valence-electron chi connectivity index (χ1n) is 11.8. The van der Waals surface area contributed by atoms with E-state index in [0.717, 1.165) is 54.5 Å². The van der Waals surface area contributed by atoms with Crippen LogP contribution in [0.4, 0.5) is 0 Å². The Morgan fingerprint density at radius 3 is 2.91 bits per heavy atom. The number of aryl methyl sites for hydroxylation is 1. The molecule has 0 saturated carbocycles. The van der Waals surface area contributed by atoms with E-state index in [2.05, 4.69) is 17.1 Å². The molecule has 0 amide bonds. The highest BCUT2D eigenvalue weighted by atomic mass is 32.2. The number of ether oxygens (including phenoxy) is 1. The van der Waals surface area contributed by atoms with Gasteiger partial charge >= 0.3 is 0 Å². The summed E-state index contributed by atoms with van der Waals surface area (Å²) in [4.78, 5) is 20.9. The summed E-state index contributed by atoms with van der Waals surface area (Å²) in [5, 5.41) is 9.91. The SMILES string of the molecule is CC1CCc2c(sc3nc(SCc4nnc(-c5ccccc5)o4)n(CC4CCCO4)c(=O)c23)C1. The van der Waals surface area contributed by atoms with Gasteiger partial charge in [0.15, 0.2) is 5.16 Å². The van der Waals surface area contributed by atoms with Gasteiger partial charge in [-0.25, -0.2) is 4.98 Å². The van der Waals surface area contributed by atoms with Crippen LogP contribution in [0.2, 0.25) is 0 Å². The Labute approximate surface area is 205 Å². The van der Waals surface area contributed by atoms with E-state index in [1.165, 1.54) is 22.2 Å². The molecule has 0 bridgehead atoms. The monoisotopic (exact) mass is 494 g/mol. The van der Waals surface area contributed by atoms with Crippen LogP contribution in [0.15, 0.2) is 44.7 Å². The van der Waals surface area contributed by atoms with Crippen molar-refractivity contribution in [1.29, 1.82) is 0 Å². The molecule has 4 aromatic rings. The predicted molar refractivity (Wildman–Crippen MR) is 133 cm³/mol. The Kier molecular flexibility index (Phi) is 6.01. The lowest BCUT2D eigenvalue weighted by Crippen LogP contribution is -2.29. The second-order valence-corrected chi connectivity index (χ2v) is 11.2. The zero-order valence-electron chi connectivity index (χ0n) is 19.0. The molecule has 1 aromatic carbocycles. The van der Waals surface area contributed by atoms with Crippen LogP contribution in [0.5, 0.6) is 0 Å². The molecule has 1 fully saturated rings. The lowest BCUT2D eigenvalue weighted by molar-refractivity contribution is 0.0937. The highest BCUT2D eigenvalue weighted by Crippen LogP contribution is 2.37. The number of hydrogen-bond donors (Lipinski definition) is 0. The summed E-state index contributed by atoms with van der Waals surface area (Å²) in [7, 11) is 0. The van der Waals surface area contributed by atoms with Crippen molar-refractivity contribution in [2.24, 2.45) is 5.92 Å². The molecule has 4 heterocycles. The Hall–Kier alpha value is -2.49. The fourth-order valence-electron chi connectivity index (χ4n) is 4.80. The Morgan fingerprint density at radius 1 is 1.21 bits per heavy atom. The van der Waals surface area contributed by atoms with Crippen LogP contribution >= 0.6 is 23.1 Å². The van der Waals surface area contributed by atoms with Crippen LogP contribution in [0.1, 0.15) is 42.5 Å². The van der Waals surface area contributed by atoms with Gasteiger partial charge in [-0.15, -0.1) is 21.5 Å². The molecule has 3 aromatic heterocycles. The number of aromatic nitrogens is 4. The minimum atomic E-state index is 0.0545. The second-order valence-electron chi connectivity index (χ2n) is 9.13. The van der Waals surface area contributed by atoms with E-state index >= 15 is 0 Å². The molecule has 0 radical (unpaired) electrons. The van der Waals surface area contributed by atoms with E-state index in [1.54, 1.807) is 11.3 Å². The second kappa shape index (κ2) is 9.28. The summed E-state index contributed by atoms with van der Waals surface area (Å²) in [6.45, 7) is 3.57. The van der Waals surface area contributed by atoms with Crippen molar-refractivity contribution in [3.63, 3.8) is 0 Å². The average Bonchev–Trinajstić information content (AvgIpc) is 3.60. The number of fused-ring (bicyclic) bond motifs is 3. The van der Waals surface area contributed by atoms with E-state index in [9.17, 15) is 4.79 Å². The summed E-state index contributed by atoms with van der Waals surface area (Å²) in [5.74, 6) is 2.11. The first-order valence-corrected chi connectivity index (χ1v) is 13.6. The lowest BCUT2D eigenvalue weighted by Gasteiger charge is -2.18. The van der Waals surface area contributed by atoms with E-state index in [4.69, 9.17) is 14.1 Å². The predicted octanol–water partition coefficient (Wildman–Crippen LogP) is 5.10. The minimum absolute atomic E-state index is 0.0545. The van der Waals surface area contributed by atoms with Gasteiger partial charge in [-0.05, 0) is 55.7 Å². The van der Waals surface area contributed by atoms with E-state index < -0.39 is 0 Å². The Bertz CT molecular complexity index is 1370. The zero-order chi connectivity index (χ0) is 23.1. The fourth-order valence-corrected chi connectivity index (χ4v) is 7.07. The third-order valence-electron chi connectivity index (χ3n) is 6.60. The van der Waals surface area contributed by atoms with Crippen molar-refractivity contribution in [2.45, 2.75) is 62.6 Å². The normalized spacial score (nSPS) is 20.1. The van der Waals surface area contributed by atoms with Gasteiger partial charge in [-0.3, -0.25) is 9.36 Å². The van der Waals surface area contributed by atoms with Crippen molar-refractivity contribution in [3.05, 3.63) is 57.0 Å². The molecule has 2 atom stereocenters. The van der Waals surface area contributed by atoms with Gasteiger partial charge in [0.25, 0.3) is 5.56 Å². The maximum absolute atomic E-state index is 13.8. The van der Waals surface area contributed by atoms with Gasteiger partial charge in [-0.1, -0.05) is 36.9 Å². The van der Waals surface area contributed by atoms with Crippen molar-refractivity contribution < 1.29 is 9.15 Å². The van der Waals surface area contributed by atoms with Gasteiger partial charge in [0.1, 0.15) is 4.83 Å². The standard InChI is InChI=1S/C25H26N4O3S2/c1-15-9-10-18-19(12-15)34-23-21(18)24(30)29(13-17-8-5-11-31-17)25(26-23)33-14-20-27-28-22(32-20)16-6-3-2-4-7-16/h2-4,6-7,15,17H,5,8-14H2,1H3. The molecule has 1 saturated heterocycles. The third-order valence-corrected chi connectivity index (χ3v) is 8.71. The summed E-state index contributed by atoms with van der Waals surface area (Å²) < 4.78 is 13.6. The minimum Gasteiger partial charge on any atom is -0.420 e. The van der Waals surface area contributed by atoms with Crippen molar-refractivity contribution in [1.82, 2.24) is 19.7 Å². The van der Waals surface area contributed by atoms with Gasteiger partial charge in [0.2, 0.25) is 11.8 Å². The summed E-state index contributed by atoms with van der Waals surface area (Å²) in [5.41, 5.74) is 2.17. The quantitative estimate of drug-likeness (QED) is 0.272. The van der Waals surface area contributed by atoms with Crippen molar-refractivity contribution in [2.75, 3.05) is 6.61 Å². The fraction of sp³-hybridized carbons (Fsp3) is 0.440. The zero-order valence-corrected chi connectivity index (χ0v) is 20.7. The summed E-state index contributed by atoms with van der Waals surface area (Å²) in [6, 6.07) is 9.72. The number of thiophene rings is 1. The van der Waals surface area contributed by atoms with Crippen LogP contribution in [0.3, 0.4) is 0 Å². The molecule has 2 aliphatic rings. The molecular weight excluding hydrogens is 468 g/mol. The van der Waals surface area contributed by atoms with Gasteiger partial charge in [-0.2, -0.15) is 0 Å². The number of thioether (sulfide) groups is 1. The number of hydrogen-bond acceptors (Lipinski definition) is 8. The van der Waals surface area contributed by atoms with Crippen LogP contribution in [-0.4, -0.2) is 32.5 Å². The topological polar surface area (TPSA) is 83.0 Å². The first kappa shape index (κ1) is 22.0. The third kappa shape index (κ3) is 4.21. The molecule has 176 valence electrons. The molecule has 2 unspecified atom stereocenters. The maximum atomic E-state index is 13.8. The van der Waals surface area contributed by atoms with Crippen LogP contribution in [0, 0.1) is 5.92 Å². The van der Waals surface area contributed by atoms with Gasteiger partial charge in [0.05, 0.1) is 23.8 Å². The summed E-state index contributed by atoms with van der Waals surface area (Å²) >= 11 is 3.16. The number of nitrogens with zero attached hydrogens (tertiary/aromatic N) is 4. The molecule has 7 nitrogen and oxygen atoms in total. The lowest BCUT2D eigenvalue weighted by atomic mass is 9.89. The van der Waals surface area contributed by atoms with Crippen LogP contribution in [-0.2, 0) is 29.9 Å². The number of benzene rings is 1. The molecule has 0 N–H and O–H groups in total. The van der Waals surface area contributed by atoms with E-state index in [-0.39, 0.29) is 11.7 Å². The first-order chi connectivity index (χ1) is 16.7. The van der Waals surface area contributed by atoms with E-state index in [1.807, 2.05) is 34.9 Å². The van der Waals surface area contributed by atoms with Gasteiger partial charge in [0, 0.05) is 17.0 Å². The van der Waals surface area contributed by atoms with Crippen LogP contribution < -0.4 is 5.56 Å².